The Labute approximate surface area is 155 Å². The lowest BCUT2D eigenvalue weighted by atomic mass is 9.87. The summed E-state index contributed by atoms with van der Waals surface area (Å²) in [6, 6.07) is 7.93. The largest absolute Gasteiger partial charge is 0.394 e. The molecule has 0 aliphatic rings. The predicted octanol–water partition coefficient (Wildman–Crippen LogP) is 0.881. The Morgan fingerprint density at radius 2 is 1.58 bits per heavy atom. The molecule has 5 atom stereocenters. The second kappa shape index (κ2) is 10.2. The van der Waals surface area contributed by atoms with E-state index in [0.29, 0.717) is 0 Å². The molecule has 0 aromatic heterocycles. The minimum Gasteiger partial charge on any atom is -0.394 e. The van der Waals surface area contributed by atoms with E-state index in [4.69, 9.17) is 9.84 Å². The van der Waals surface area contributed by atoms with Crippen LogP contribution in [0.2, 0.25) is 0 Å². The zero-order chi connectivity index (χ0) is 19.9. The fourth-order valence-corrected chi connectivity index (χ4v) is 2.53. The van der Waals surface area contributed by atoms with Crippen molar-refractivity contribution in [1.82, 2.24) is 0 Å². The van der Waals surface area contributed by atoms with Crippen molar-refractivity contribution in [2.75, 3.05) is 6.61 Å². The van der Waals surface area contributed by atoms with Crippen molar-refractivity contribution in [2.24, 2.45) is 0 Å². The zero-order valence-corrected chi connectivity index (χ0v) is 15.7. The van der Waals surface area contributed by atoms with Crippen molar-refractivity contribution in [1.29, 1.82) is 0 Å². The zero-order valence-electron chi connectivity index (χ0n) is 15.7. The molecule has 0 heterocycles. The molecule has 26 heavy (non-hydrogen) atoms. The molecule has 0 saturated carbocycles. The molecule has 5 unspecified atom stereocenters. The van der Waals surface area contributed by atoms with Crippen molar-refractivity contribution in [3.05, 3.63) is 48.0 Å². The fraction of sp³-hybridized carbons (Fsp3) is 0.600. The van der Waals surface area contributed by atoms with E-state index in [-0.39, 0.29) is 18.4 Å². The van der Waals surface area contributed by atoms with Crippen LogP contribution < -0.4 is 0 Å². The minimum atomic E-state index is -1.68. The number of benzene rings is 1. The van der Waals surface area contributed by atoms with Gasteiger partial charge < -0.3 is 30.3 Å². The van der Waals surface area contributed by atoms with E-state index in [1.807, 2.05) is 24.3 Å². The van der Waals surface area contributed by atoms with Gasteiger partial charge >= 0.3 is 0 Å². The highest BCUT2D eigenvalue weighted by molar-refractivity contribution is 5.27. The summed E-state index contributed by atoms with van der Waals surface area (Å²) in [4.78, 5) is 0. The molecular weight excluding hydrogens is 336 g/mol. The Morgan fingerprint density at radius 3 is 2.04 bits per heavy atom. The minimum absolute atomic E-state index is 0.0503. The molecule has 6 nitrogen and oxygen atoms in total. The van der Waals surface area contributed by atoms with Crippen LogP contribution in [0.3, 0.4) is 0 Å². The number of ether oxygens (including phenoxy) is 1. The van der Waals surface area contributed by atoms with Crippen LogP contribution in [0, 0.1) is 0 Å². The third kappa shape index (κ3) is 6.46. The van der Waals surface area contributed by atoms with E-state index < -0.39 is 37.1 Å². The van der Waals surface area contributed by atoms with Gasteiger partial charge in [-0.05, 0) is 23.0 Å². The monoisotopic (exact) mass is 368 g/mol. The molecule has 1 aromatic rings. The van der Waals surface area contributed by atoms with E-state index in [9.17, 15) is 20.4 Å². The normalized spacial score (nSPS) is 18.0. The van der Waals surface area contributed by atoms with Gasteiger partial charge in [0.05, 0.1) is 19.3 Å². The highest BCUT2D eigenvalue weighted by Gasteiger charge is 2.34. The van der Waals surface area contributed by atoms with Gasteiger partial charge in [-0.3, -0.25) is 0 Å². The highest BCUT2D eigenvalue weighted by atomic mass is 16.5. The smallest absolute Gasteiger partial charge is 0.111 e. The van der Waals surface area contributed by atoms with E-state index in [0.717, 1.165) is 5.56 Å². The Morgan fingerprint density at radius 1 is 1.00 bits per heavy atom. The van der Waals surface area contributed by atoms with Crippen LogP contribution in [0.25, 0.3) is 0 Å². The van der Waals surface area contributed by atoms with E-state index in [1.54, 1.807) is 0 Å². The molecule has 0 fully saturated rings. The van der Waals surface area contributed by atoms with Crippen molar-refractivity contribution >= 4 is 0 Å². The summed E-state index contributed by atoms with van der Waals surface area (Å²) in [6.45, 7) is 9.48. The maximum absolute atomic E-state index is 10.3. The van der Waals surface area contributed by atoms with Crippen LogP contribution in [0.15, 0.2) is 36.9 Å². The second-order valence-corrected chi connectivity index (χ2v) is 7.54. The van der Waals surface area contributed by atoms with Crippen LogP contribution >= 0.6 is 0 Å². The molecule has 0 radical (unpaired) electrons. The number of aliphatic hydroxyl groups is 5. The number of rotatable bonds is 10. The third-order valence-electron chi connectivity index (χ3n) is 4.35. The van der Waals surface area contributed by atoms with Gasteiger partial charge in [0.15, 0.2) is 0 Å². The lowest BCUT2D eigenvalue weighted by Crippen LogP contribution is -2.50. The lowest BCUT2D eigenvalue weighted by molar-refractivity contribution is -0.152. The van der Waals surface area contributed by atoms with Crippen LogP contribution in [0.4, 0.5) is 0 Å². The van der Waals surface area contributed by atoms with Gasteiger partial charge in [0.25, 0.3) is 0 Å². The van der Waals surface area contributed by atoms with Gasteiger partial charge in [-0.25, -0.2) is 0 Å². The van der Waals surface area contributed by atoms with E-state index in [2.05, 4.69) is 27.4 Å². The van der Waals surface area contributed by atoms with Crippen molar-refractivity contribution in [3.63, 3.8) is 0 Å². The molecule has 1 rings (SSSR count). The molecule has 0 aliphatic carbocycles. The average Bonchev–Trinajstić information content (AvgIpc) is 2.62. The summed E-state index contributed by atoms with van der Waals surface area (Å²) < 4.78 is 5.70. The Bertz CT molecular complexity index is 536. The van der Waals surface area contributed by atoms with Crippen molar-refractivity contribution in [2.45, 2.75) is 69.7 Å². The SMILES string of the molecule is C=CCC(OCc1ccc(C(C)(C)C)cc1)C(O)C(O)C(O)C(O)CO. The lowest BCUT2D eigenvalue weighted by Gasteiger charge is -2.30. The Hall–Kier alpha value is -1.28. The number of hydrogen-bond donors (Lipinski definition) is 5. The number of hydrogen-bond acceptors (Lipinski definition) is 6. The third-order valence-corrected chi connectivity index (χ3v) is 4.35. The molecule has 0 amide bonds. The maximum atomic E-state index is 10.3. The first-order valence-electron chi connectivity index (χ1n) is 8.76. The van der Waals surface area contributed by atoms with Crippen LogP contribution in [0.1, 0.15) is 38.3 Å². The average molecular weight is 368 g/mol. The fourth-order valence-electron chi connectivity index (χ4n) is 2.53. The summed E-state index contributed by atoms with van der Waals surface area (Å²) >= 11 is 0. The molecular formula is C20H32O6. The first-order valence-corrected chi connectivity index (χ1v) is 8.76. The van der Waals surface area contributed by atoms with Gasteiger partial charge in [-0.15, -0.1) is 6.58 Å². The van der Waals surface area contributed by atoms with Gasteiger partial charge in [-0.2, -0.15) is 0 Å². The molecule has 0 saturated heterocycles. The van der Waals surface area contributed by atoms with Crippen molar-refractivity contribution < 1.29 is 30.3 Å². The summed E-state index contributed by atoms with van der Waals surface area (Å²) in [7, 11) is 0. The van der Waals surface area contributed by atoms with Crippen LogP contribution in [-0.2, 0) is 16.8 Å². The summed E-state index contributed by atoms with van der Waals surface area (Å²) in [5.74, 6) is 0. The van der Waals surface area contributed by atoms with Crippen LogP contribution in [-0.4, -0.2) is 62.7 Å². The first-order chi connectivity index (χ1) is 12.1. The predicted molar refractivity (Wildman–Crippen MR) is 99.6 cm³/mol. The summed E-state index contributed by atoms with van der Waals surface area (Å²) in [6.07, 6.45) is -5.36. The second-order valence-electron chi connectivity index (χ2n) is 7.54. The molecule has 148 valence electrons. The molecule has 6 heteroatoms. The first kappa shape index (κ1) is 22.8. The highest BCUT2D eigenvalue weighted by Crippen LogP contribution is 2.23. The summed E-state index contributed by atoms with van der Waals surface area (Å²) in [5, 5.41) is 48.3. The molecule has 1 aromatic carbocycles. The standard InChI is InChI=1S/C20H32O6/c1-5-6-16(18(24)19(25)17(23)15(22)11-21)26-12-13-7-9-14(10-8-13)20(2,3)4/h5,7-10,15-19,21-25H,1,6,11-12H2,2-4H3. The van der Waals surface area contributed by atoms with Crippen molar-refractivity contribution in [3.8, 4) is 0 Å². The van der Waals surface area contributed by atoms with Gasteiger partial charge in [0, 0.05) is 0 Å². The van der Waals surface area contributed by atoms with Gasteiger partial charge in [-0.1, -0.05) is 51.1 Å². The summed E-state index contributed by atoms with van der Waals surface area (Å²) in [5.41, 5.74) is 2.15. The molecule has 0 aliphatic heterocycles. The maximum Gasteiger partial charge on any atom is 0.111 e. The van der Waals surface area contributed by atoms with Gasteiger partial charge in [0.1, 0.15) is 24.4 Å². The topological polar surface area (TPSA) is 110 Å². The molecule has 5 N–H and O–H groups in total. The van der Waals surface area contributed by atoms with Crippen LogP contribution in [0.5, 0.6) is 0 Å². The Kier molecular flexibility index (Phi) is 8.89. The van der Waals surface area contributed by atoms with E-state index >= 15 is 0 Å². The molecule has 0 bridgehead atoms. The molecule has 0 spiro atoms. The quantitative estimate of drug-likeness (QED) is 0.392. The Balaban J connectivity index is 2.74. The van der Waals surface area contributed by atoms with Gasteiger partial charge in [0.2, 0.25) is 0 Å². The number of aliphatic hydroxyl groups excluding tert-OH is 5. The van der Waals surface area contributed by atoms with E-state index in [1.165, 1.54) is 11.6 Å².